The molecule has 0 saturated heterocycles. The molecule has 0 heterocycles. The van der Waals surface area contributed by atoms with Crippen molar-refractivity contribution in [1.82, 2.24) is 0 Å². The summed E-state index contributed by atoms with van der Waals surface area (Å²) in [5.74, 6) is 0. The topological polar surface area (TPSA) is 3.24 Å². The zero-order chi connectivity index (χ0) is 35.1. The minimum atomic E-state index is 1.11. The fourth-order valence-electron chi connectivity index (χ4n) is 7.87. The van der Waals surface area contributed by atoms with Gasteiger partial charge in [-0.3, -0.25) is 0 Å². The van der Waals surface area contributed by atoms with Crippen LogP contribution >= 0.6 is 0 Å². The van der Waals surface area contributed by atoms with E-state index in [0.29, 0.717) is 0 Å². The molecular weight excluding hydrogens is 639 g/mol. The number of benzene rings is 10. The summed E-state index contributed by atoms with van der Waals surface area (Å²) in [5, 5.41) is 10.1. The Bertz CT molecular complexity index is 2800. The van der Waals surface area contributed by atoms with Crippen molar-refractivity contribution < 1.29 is 0 Å². The summed E-state index contributed by atoms with van der Waals surface area (Å²) in [6, 6.07) is 77.3. The molecule has 0 unspecified atom stereocenters. The highest BCUT2D eigenvalue weighted by Crippen LogP contribution is 2.40. The lowest BCUT2D eigenvalue weighted by atomic mass is 9.93. The van der Waals surface area contributed by atoms with Crippen molar-refractivity contribution in [3.05, 3.63) is 212 Å². The standard InChI is InChI=1S/C52H35N/c1-3-11-41-33-43(19-17-36(41)9-1)38-21-27-46(28-22-38)53(47-29-23-39(24-30-47)44-20-18-37-10-2-4-12-42(37)34-44)48-31-25-40(26-32-48)52-35-45-13-5-6-14-49(45)50-15-7-8-16-51(50)52/h1-35H. The highest BCUT2D eigenvalue weighted by atomic mass is 15.1. The van der Waals surface area contributed by atoms with Crippen LogP contribution in [0.25, 0.3) is 76.5 Å². The molecular formula is C52H35N. The number of fused-ring (bicyclic) bond motifs is 5. The van der Waals surface area contributed by atoms with Crippen LogP contribution in [0.3, 0.4) is 0 Å². The largest absolute Gasteiger partial charge is 0.311 e. The second-order valence-corrected chi connectivity index (χ2v) is 13.8. The molecule has 10 rings (SSSR count). The van der Waals surface area contributed by atoms with Crippen molar-refractivity contribution in [3.8, 4) is 33.4 Å². The average Bonchev–Trinajstić information content (AvgIpc) is 3.24. The molecule has 0 atom stereocenters. The summed E-state index contributed by atoms with van der Waals surface area (Å²) in [5.41, 5.74) is 10.6. The molecule has 0 aliphatic rings. The van der Waals surface area contributed by atoms with Crippen LogP contribution in [0.4, 0.5) is 17.1 Å². The third kappa shape index (κ3) is 5.69. The predicted molar refractivity (Wildman–Crippen MR) is 227 cm³/mol. The SMILES string of the molecule is c1ccc2cc(-c3ccc(N(c4ccc(-c5ccc6ccccc6c5)cc4)c4ccc(-c5cc6ccccc6c6ccccc56)cc4)cc3)ccc2c1. The lowest BCUT2D eigenvalue weighted by Crippen LogP contribution is -2.09. The maximum atomic E-state index is 2.36. The zero-order valence-corrected chi connectivity index (χ0v) is 29.2. The zero-order valence-electron chi connectivity index (χ0n) is 29.2. The fourth-order valence-corrected chi connectivity index (χ4v) is 7.87. The van der Waals surface area contributed by atoms with Crippen LogP contribution in [0, 0.1) is 0 Å². The van der Waals surface area contributed by atoms with Crippen molar-refractivity contribution in [2.45, 2.75) is 0 Å². The molecule has 0 aliphatic carbocycles. The Morgan fingerprint density at radius 3 is 1.11 bits per heavy atom. The third-order valence-corrected chi connectivity index (χ3v) is 10.6. The summed E-state index contributed by atoms with van der Waals surface area (Å²) < 4.78 is 0. The Balaban J connectivity index is 1.05. The van der Waals surface area contributed by atoms with Crippen LogP contribution in [0.15, 0.2) is 212 Å². The maximum absolute atomic E-state index is 2.36. The van der Waals surface area contributed by atoms with Crippen LogP contribution in [0.2, 0.25) is 0 Å². The molecule has 0 N–H and O–H groups in total. The Kier molecular flexibility index (Phi) is 7.55. The highest BCUT2D eigenvalue weighted by molar-refractivity contribution is 6.13. The second-order valence-electron chi connectivity index (χ2n) is 13.8. The van der Waals surface area contributed by atoms with Gasteiger partial charge in [-0.05, 0) is 131 Å². The lowest BCUT2D eigenvalue weighted by Gasteiger charge is -2.26. The van der Waals surface area contributed by atoms with E-state index in [1.807, 2.05) is 0 Å². The van der Waals surface area contributed by atoms with Gasteiger partial charge >= 0.3 is 0 Å². The van der Waals surface area contributed by atoms with Crippen LogP contribution in [-0.4, -0.2) is 0 Å². The van der Waals surface area contributed by atoms with Gasteiger partial charge in [0.2, 0.25) is 0 Å². The van der Waals surface area contributed by atoms with Gasteiger partial charge in [0, 0.05) is 17.1 Å². The predicted octanol–water partition coefficient (Wildman–Crippen LogP) is 14.8. The summed E-state index contributed by atoms with van der Waals surface area (Å²) in [6.45, 7) is 0. The molecule has 0 aromatic heterocycles. The molecule has 53 heavy (non-hydrogen) atoms. The van der Waals surface area contributed by atoms with Gasteiger partial charge in [-0.1, -0.05) is 158 Å². The van der Waals surface area contributed by atoms with Crippen molar-refractivity contribution >= 4 is 60.2 Å². The second kappa shape index (κ2) is 13.0. The van der Waals surface area contributed by atoms with E-state index in [1.54, 1.807) is 0 Å². The molecule has 248 valence electrons. The number of hydrogen-bond donors (Lipinski definition) is 0. The van der Waals surface area contributed by atoms with Crippen molar-refractivity contribution in [3.63, 3.8) is 0 Å². The fraction of sp³-hybridized carbons (Fsp3) is 0. The van der Waals surface area contributed by atoms with Crippen molar-refractivity contribution in [2.24, 2.45) is 0 Å². The van der Waals surface area contributed by atoms with Crippen LogP contribution in [0.5, 0.6) is 0 Å². The van der Waals surface area contributed by atoms with Gasteiger partial charge in [0.1, 0.15) is 0 Å². The Hall–Kier alpha value is -6.96. The first kappa shape index (κ1) is 30.8. The van der Waals surface area contributed by atoms with E-state index < -0.39 is 0 Å². The summed E-state index contributed by atoms with van der Waals surface area (Å²) >= 11 is 0. The van der Waals surface area contributed by atoms with E-state index in [-0.39, 0.29) is 0 Å². The first-order valence-corrected chi connectivity index (χ1v) is 18.2. The quantitative estimate of drug-likeness (QED) is 0.159. The highest BCUT2D eigenvalue weighted by Gasteiger charge is 2.15. The van der Waals surface area contributed by atoms with Gasteiger partial charge in [0.25, 0.3) is 0 Å². The van der Waals surface area contributed by atoms with Crippen molar-refractivity contribution in [2.75, 3.05) is 4.90 Å². The molecule has 0 amide bonds. The molecule has 0 fully saturated rings. The first-order valence-electron chi connectivity index (χ1n) is 18.2. The Labute approximate surface area is 309 Å². The van der Waals surface area contributed by atoms with E-state index in [4.69, 9.17) is 0 Å². The third-order valence-electron chi connectivity index (χ3n) is 10.6. The minimum Gasteiger partial charge on any atom is -0.311 e. The number of rotatable bonds is 6. The lowest BCUT2D eigenvalue weighted by molar-refractivity contribution is 1.28. The van der Waals surface area contributed by atoms with Gasteiger partial charge in [0.15, 0.2) is 0 Å². The monoisotopic (exact) mass is 673 g/mol. The van der Waals surface area contributed by atoms with Gasteiger partial charge in [-0.25, -0.2) is 0 Å². The summed E-state index contributed by atoms with van der Waals surface area (Å²) in [6.07, 6.45) is 0. The maximum Gasteiger partial charge on any atom is 0.0462 e. The molecule has 10 aromatic rings. The molecule has 0 saturated carbocycles. The summed E-state index contributed by atoms with van der Waals surface area (Å²) in [7, 11) is 0. The average molecular weight is 674 g/mol. The van der Waals surface area contributed by atoms with Crippen LogP contribution in [-0.2, 0) is 0 Å². The van der Waals surface area contributed by atoms with Crippen LogP contribution in [0.1, 0.15) is 0 Å². The van der Waals surface area contributed by atoms with Gasteiger partial charge < -0.3 is 4.90 Å². The number of anilines is 3. The van der Waals surface area contributed by atoms with E-state index in [9.17, 15) is 0 Å². The molecule has 10 aromatic carbocycles. The van der Waals surface area contributed by atoms with E-state index in [2.05, 4.69) is 217 Å². The normalized spacial score (nSPS) is 11.4. The molecule has 0 aliphatic heterocycles. The number of nitrogens with zero attached hydrogens (tertiary/aromatic N) is 1. The summed E-state index contributed by atoms with van der Waals surface area (Å²) in [4.78, 5) is 2.36. The van der Waals surface area contributed by atoms with Gasteiger partial charge in [-0.2, -0.15) is 0 Å². The molecule has 1 heteroatoms. The van der Waals surface area contributed by atoms with Gasteiger partial charge in [-0.15, -0.1) is 0 Å². The number of hydrogen-bond acceptors (Lipinski definition) is 1. The Morgan fingerprint density at radius 1 is 0.226 bits per heavy atom. The van der Waals surface area contributed by atoms with Gasteiger partial charge in [0.05, 0.1) is 0 Å². The van der Waals surface area contributed by atoms with Crippen molar-refractivity contribution in [1.29, 1.82) is 0 Å². The first-order chi connectivity index (χ1) is 26.2. The smallest absolute Gasteiger partial charge is 0.0462 e. The molecule has 0 radical (unpaired) electrons. The van der Waals surface area contributed by atoms with E-state index >= 15 is 0 Å². The molecule has 0 spiro atoms. The van der Waals surface area contributed by atoms with E-state index in [0.717, 1.165) is 17.1 Å². The Morgan fingerprint density at radius 2 is 0.604 bits per heavy atom. The van der Waals surface area contributed by atoms with Crippen LogP contribution < -0.4 is 4.90 Å². The minimum absolute atomic E-state index is 1.11. The van der Waals surface area contributed by atoms with E-state index in [1.165, 1.54) is 76.5 Å². The molecule has 0 bridgehead atoms. The molecule has 1 nitrogen and oxygen atoms in total.